The molecule has 0 radical (unpaired) electrons. The van der Waals surface area contributed by atoms with E-state index in [0.29, 0.717) is 12.3 Å². The summed E-state index contributed by atoms with van der Waals surface area (Å²) in [6.45, 7) is 6.12. The normalized spacial score (nSPS) is 13.5. The molecule has 1 aromatic heterocycles. The van der Waals surface area contributed by atoms with E-state index < -0.39 is 16.0 Å². The zero-order chi connectivity index (χ0) is 16.0. The highest BCUT2D eigenvalue weighted by Gasteiger charge is 2.21. The first-order valence-corrected chi connectivity index (χ1v) is 9.34. The molecule has 0 aliphatic rings. The van der Waals surface area contributed by atoms with E-state index in [1.165, 1.54) is 11.3 Å². The van der Waals surface area contributed by atoms with Crippen LogP contribution in [0.2, 0.25) is 0 Å². The van der Waals surface area contributed by atoms with Gasteiger partial charge in [0.15, 0.2) is 0 Å². The monoisotopic (exact) mass is 333 g/mol. The zero-order valence-corrected chi connectivity index (χ0v) is 14.3. The predicted octanol–water partition coefficient (Wildman–Crippen LogP) is 2.73. The Morgan fingerprint density at radius 3 is 2.52 bits per heavy atom. The van der Waals surface area contributed by atoms with Crippen LogP contribution in [0, 0.1) is 11.8 Å². The van der Waals surface area contributed by atoms with Crippen LogP contribution in [-0.2, 0) is 21.2 Å². The number of thiophene rings is 1. The number of carboxylic acids is 1. The van der Waals surface area contributed by atoms with Crippen LogP contribution >= 0.6 is 11.3 Å². The van der Waals surface area contributed by atoms with Crippen LogP contribution in [0.1, 0.15) is 38.5 Å². The lowest BCUT2D eigenvalue weighted by atomic mass is 9.94. The lowest BCUT2D eigenvalue weighted by molar-refractivity contribution is -0.138. The average Bonchev–Trinajstić information content (AvgIpc) is 2.84. The molecule has 0 aromatic carbocycles. The van der Waals surface area contributed by atoms with Gasteiger partial charge in [-0.15, -0.1) is 11.3 Å². The lowest BCUT2D eigenvalue weighted by Gasteiger charge is -2.17. The Morgan fingerprint density at radius 2 is 2.05 bits per heavy atom. The number of carboxylic acid groups (broad SMARTS) is 1. The highest BCUT2D eigenvalue weighted by molar-refractivity contribution is 7.91. The van der Waals surface area contributed by atoms with Gasteiger partial charge in [-0.25, -0.2) is 13.1 Å². The summed E-state index contributed by atoms with van der Waals surface area (Å²) in [6.07, 6.45) is 1.46. The molecule has 2 N–H and O–H groups in total. The maximum Gasteiger partial charge on any atom is 0.303 e. The topological polar surface area (TPSA) is 83.5 Å². The first kappa shape index (κ1) is 18.1. The standard InChI is InChI=1S/C14H23NO4S2/c1-4-12-5-6-14(20-12)21(18,19)15-9-11(7-10(2)3)8-13(16)17/h5-6,10-11,15H,4,7-9H2,1-3H3,(H,16,17)/t11-/m0/s1. The smallest absolute Gasteiger partial charge is 0.303 e. The average molecular weight is 333 g/mol. The summed E-state index contributed by atoms with van der Waals surface area (Å²) >= 11 is 1.25. The molecule has 21 heavy (non-hydrogen) atoms. The Bertz CT molecular complexity index is 563. The van der Waals surface area contributed by atoms with Crippen molar-refractivity contribution in [2.75, 3.05) is 6.54 Å². The van der Waals surface area contributed by atoms with Crippen molar-refractivity contribution in [1.29, 1.82) is 0 Å². The lowest BCUT2D eigenvalue weighted by Crippen LogP contribution is -2.30. The van der Waals surface area contributed by atoms with Crippen molar-refractivity contribution in [2.24, 2.45) is 11.8 Å². The number of rotatable bonds is 9. The Labute approximate surface area is 130 Å². The second-order valence-corrected chi connectivity index (χ2v) is 8.68. The van der Waals surface area contributed by atoms with E-state index in [1.807, 2.05) is 26.8 Å². The number of aliphatic carboxylic acids is 1. The fourth-order valence-electron chi connectivity index (χ4n) is 2.14. The second-order valence-electron chi connectivity index (χ2n) is 5.52. The summed E-state index contributed by atoms with van der Waals surface area (Å²) in [5.41, 5.74) is 0. The van der Waals surface area contributed by atoms with Gasteiger partial charge in [0.1, 0.15) is 4.21 Å². The van der Waals surface area contributed by atoms with Gasteiger partial charge in [0.2, 0.25) is 10.0 Å². The molecule has 0 aliphatic carbocycles. The molecule has 0 aliphatic heterocycles. The molecule has 1 atom stereocenters. The van der Waals surface area contributed by atoms with Gasteiger partial charge in [-0.3, -0.25) is 4.79 Å². The highest BCUT2D eigenvalue weighted by Crippen LogP contribution is 2.22. The van der Waals surface area contributed by atoms with E-state index in [0.717, 1.165) is 11.3 Å². The predicted molar refractivity (Wildman–Crippen MR) is 84.1 cm³/mol. The third-order valence-electron chi connectivity index (χ3n) is 3.08. The van der Waals surface area contributed by atoms with Gasteiger partial charge in [0.05, 0.1) is 0 Å². The van der Waals surface area contributed by atoms with Gasteiger partial charge in [-0.1, -0.05) is 20.8 Å². The summed E-state index contributed by atoms with van der Waals surface area (Å²) in [5, 5.41) is 8.90. The van der Waals surface area contributed by atoms with Crippen molar-refractivity contribution in [3.63, 3.8) is 0 Å². The third-order valence-corrected chi connectivity index (χ3v) is 6.23. The van der Waals surface area contributed by atoms with Gasteiger partial charge in [-0.2, -0.15) is 0 Å². The van der Waals surface area contributed by atoms with Crippen molar-refractivity contribution in [1.82, 2.24) is 4.72 Å². The quantitative estimate of drug-likeness (QED) is 0.728. The molecule has 0 spiro atoms. The van der Waals surface area contributed by atoms with E-state index in [2.05, 4.69) is 4.72 Å². The Balaban J connectivity index is 2.70. The van der Waals surface area contributed by atoms with Crippen LogP contribution in [0.3, 0.4) is 0 Å². The molecule has 5 nitrogen and oxygen atoms in total. The Kier molecular flexibility index (Phi) is 6.83. The van der Waals surface area contributed by atoms with Crippen molar-refractivity contribution < 1.29 is 18.3 Å². The summed E-state index contributed by atoms with van der Waals surface area (Å²) in [4.78, 5) is 11.9. The summed E-state index contributed by atoms with van der Waals surface area (Å²) in [6, 6.07) is 3.41. The van der Waals surface area contributed by atoms with Crippen LogP contribution in [0.25, 0.3) is 0 Å². The summed E-state index contributed by atoms with van der Waals surface area (Å²) < 4.78 is 27.2. The molecule has 0 fully saturated rings. The Hall–Kier alpha value is -0.920. The minimum atomic E-state index is -3.54. The van der Waals surface area contributed by atoms with Crippen molar-refractivity contribution >= 4 is 27.3 Å². The molecule has 0 saturated heterocycles. The van der Waals surface area contributed by atoms with Crippen molar-refractivity contribution in [3.8, 4) is 0 Å². The molecule has 0 amide bonds. The highest BCUT2D eigenvalue weighted by atomic mass is 32.2. The van der Waals surface area contributed by atoms with E-state index in [1.54, 1.807) is 6.07 Å². The van der Waals surface area contributed by atoms with Crippen molar-refractivity contribution in [3.05, 3.63) is 17.0 Å². The maximum absolute atomic E-state index is 12.2. The molecule has 1 aromatic rings. The van der Waals surface area contributed by atoms with Crippen LogP contribution in [-0.4, -0.2) is 26.0 Å². The van der Waals surface area contributed by atoms with Gasteiger partial charge in [-0.05, 0) is 36.8 Å². The number of hydrogen-bond donors (Lipinski definition) is 2. The number of carbonyl (C=O) groups is 1. The van der Waals surface area contributed by atoms with Gasteiger partial charge in [0, 0.05) is 17.8 Å². The molecular weight excluding hydrogens is 310 g/mol. The van der Waals surface area contributed by atoms with Crippen LogP contribution in [0.15, 0.2) is 16.3 Å². The molecule has 0 saturated carbocycles. The molecule has 0 bridgehead atoms. The van der Waals surface area contributed by atoms with E-state index in [9.17, 15) is 13.2 Å². The number of nitrogens with one attached hydrogen (secondary N) is 1. The van der Waals surface area contributed by atoms with E-state index >= 15 is 0 Å². The van der Waals surface area contributed by atoms with Crippen LogP contribution < -0.4 is 4.72 Å². The third kappa shape index (κ3) is 6.15. The molecule has 1 rings (SSSR count). The first-order chi connectivity index (χ1) is 9.74. The van der Waals surface area contributed by atoms with Gasteiger partial charge in [0.25, 0.3) is 0 Å². The van der Waals surface area contributed by atoms with E-state index in [-0.39, 0.29) is 23.1 Å². The molecule has 0 unspecified atom stereocenters. The molecule has 120 valence electrons. The van der Waals surface area contributed by atoms with Crippen molar-refractivity contribution in [2.45, 2.75) is 44.2 Å². The zero-order valence-electron chi connectivity index (χ0n) is 12.6. The molecule has 1 heterocycles. The first-order valence-electron chi connectivity index (χ1n) is 7.04. The number of aryl methyl sites for hydroxylation is 1. The summed E-state index contributed by atoms with van der Waals surface area (Å²) in [5.74, 6) is -0.764. The number of sulfonamides is 1. The fourth-order valence-corrected chi connectivity index (χ4v) is 4.60. The minimum Gasteiger partial charge on any atom is -0.481 e. The SMILES string of the molecule is CCc1ccc(S(=O)(=O)NC[C@H](CC(=O)O)CC(C)C)s1. The summed E-state index contributed by atoms with van der Waals surface area (Å²) in [7, 11) is -3.54. The Morgan fingerprint density at radius 1 is 1.38 bits per heavy atom. The molecular formula is C14H23NO4S2. The number of hydrogen-bond acceptors (Lipinski definition) is 4. The second kappa shape index (κ2) is 7.91. The van der Waals surface area contributed by atoms with Gasteiger partial charge < -0.3 is 5.11 Å². The fraction of sp³-hybridized carbons (Fsp3) is 0.643. The van der Waals surface area contributed by atoms with E-state index in [4.69, 9.17) is 5.11 Å². The van der Waals surface area contributed by atoms with Gasteiger partial charge >= 0.3 is 5.97 Å². The van der Waals surface area contributed by atoms with Crippen LogP contribution in [0.5, 0.6) is 0 Å². The van der Waals surface area contributed by atoms with Crippen LogP contribution in [0.4, 0.5) is 0 Å². The largest absolute Gasteiger partial charge is 0.481 e. The molecule has 7 heteroatoms. The maximum atomic E-state index is 12.2. The minimum absolute atomic E-state index is 0.0225.